The zero-order valence-electron chi connectivity index (χ0n) is 18.4. The van der Waals surface area contributed by atoms with Gasteiger partial charge in [-0.3, -0.25) is 14.9 Å². The molecule has 9 heteroatoms. The number of ketones is 1. The number of para-hydroxylation sites is 2. The first kappa shape index (κ1) is 22.0. The van der Waals surface area contributed by atoms with Crippen LogP contribution in [0.2, 0.25) is 0 Å². The van der Waals surface area contributed by atoms with Crippen LogP contribution in [0, 0.1) is 10.1 Å². The van der Waals surface area contributed by atoms with Crippen molar-refractivity contribution < 1.29 is 19.6 Å². The number of nitro groups is 1. The topological polar surface area (TPSA) is 114 Å². The number of phenolic OH excluding ortho intramolecular Hbond substituents is 1. The van der Waals surface area contributed by atoms with Crippen molar-refractivity contribution in [3.63, 3.8) is 0 Å². The maximum absolute atomic E-state index is 13.6. The second-order valence-corrected chi connectivity index (χ2v) is 9.24. The van der Waals surface area contributed by atoms with Crippen molar-refractivity contribution in [3.8, 4) is 11.5 Å². The number of carbonyl (C=O) groups excluding carboxylic acids is 1. The Morgan fingerprint density at radius 2 is 1.97 bits per heavy atom. The normalized spacial score (nSPS) is 19.4. The molecule has 1 aliphatic heterocycles. The van der Waals surface area contributed by atoms with E-state index in [4.69, 9.17) is 4.74 Å². The van der Waals surface area contributed by atoms with Crippen molar-refractivity contribution in [2.45, 2.75) is 31.7 Å². The average molecular weight is 478 g/mol. The predicted octanol–water partition coefficient (Wildman–Crippen LogP) is 5.74. The molecule has 2 heterocycles. The Labute approximate surface area is 200 Å². The van der Waals surface area contributed by atoms with Crippen molar-refractivity contribution in [1.29, 1.82) is 0 Å². The van der Waals surface area contributed by atoms with E-state index in [0.717, 1.165) is 21.9 Å². The molecule has 1 aliphatic carbocycles. The molecule has 34 heavy (non-hydrogen) atoms. The Balaban J connectivity index is 1.67. The van der Waals surface area contributed by atoms with Gasteiger partial charge in [0.2, 0.25) is 5.75 Å². The van der Waals surface area contributed by atoms with Crippen LogP contribution in [0.1, 0.15) is 42.2 Å². The smallest absolute Gasteiger partial charge is 0.315 e. The van der Waals surface area contributed by atoms with E-state index < -0.39 is 22.4 Å². The summed E-state index contributed by atoms with van der Waals surface area (Å²) >= 11 is 1.64. The van der Waals surface area contributed by atoms with Gasteiger partial charge in [0.1, 0.15) is 0 Å². The van der Waals surface area contributed by atoms with Gasteiger partial charge < -0.3 is 20.5 Å². The summed E-state index contributed by atoms with van der Waals surface area (Å²) in [6, 6.07) is 13.9. The van der Waals surface area contributed by atoms with Crippen LogP contribution < -0.4 is 15.4 Å². The lowest BCUT2D eigenvalue weighted by Gasteiger charge is -2.29. The number of hydrogen-bond acceptors (Lipinski definition) is 8. The molecule has 2 aliphatic rings. The Hall–Kier alpha value is -3.85. The summed E-state index contributed by atoms with van der Waals surface area (Å²) in [5, 5.41) is 30.9. The summed E-state index contributed by atoms with van der Waals surface area (Å²) in [6.45, 7) is 1.96. The molecule has 8 nitrogen and oxygen atoms in total. The van der Waals surface area contributed by atoms with E-state index in [-0.39, 0.29) is 24.1 Å². The minimum absolute atomic E-state index is 0.0147. The number of aromatic hydroxyl groups is 1. The largest absolute Gasteiger partial charge is 0.500 e. The van der Waals surface area contributed by atoms with Crippen LogP contribution in [0.3, 0.4) is 0 Å². The van der Waals surface area contributed by atoms with E-state index in [1.54, 1.807) is 24.3 Å². The molecule has 3 aromatic rings. The molecule has 174 valence electrons. The van der Waals surface area contributed by atoms with Gasteiger partial charge in [-0.05, 0) is 48.6 Å². The summed E-state index contributed by atoms with van der Waals surface area (Å²) in [4.78, 5) is 25.8. The number of fused-ring (bicyclic) bond motifs is 1. The van der Waals surface area contributed by atoms with E-state index in [9.17, 15) is 20.0 Å². The Bertz CT molecular complexity index is 1300. The molecular weight excluding hydrogens is 454 g/mol. The first-order valence-corrected chi connectivity index (χ1v) is 11.9. The third-order valence-electron chi connectivity index (χ3n) is 6.16. The van der Waals surface area contributed by atoms with Gasteiger partial charge in [0.15, 0.2) is 11.5 Å². The number of ether oxygens (including phenoxy) is 1. The van der Waals surface area contributed by atoms with Gasteiger partial charge in [-0.2, -0.15) is 0 Å². The maximum atomic E-state index is 13.6. The number of benzene rings is 2. The van der Waals surface area contributed by atoms with Crippen molar-refractivity contribution in [3.05, 3.63) is 85.7 Å². The number of Topliss-reactive ketones (excluding diaryl/α,β-unsaturated/α-hetero) is 1. The molecule has 0 amide bonds. The number of thiophene rings is 1. The summed E-state index contributed by atoms with van der Waals surface area (Å²) in [6.07, 6.45) is 1.00. The molecule has 2 atom stereocenters. The zero-order chi connectivity index (χ0) is 23.8. The van der Waals surface area contributed by atoms with Crippen LogP contribution in [0.25, 0.3) is 0 Å². The third-order valence-corrected chi connectivity index (χ3v) is 7.20. The second kappa shape index (κ2) is 8.83. The van der Waals surface area contributed by atoms with Gasteiger partial charge in [0, 0.05) is 34.6 Å². The predicted molar refractivity (Wildman–Crippen MR) is 131 cm³/mol. The van der Waals surface area contributed by atoms with Crippen molar-refractivity contribution >= 4 is 34.2 Å². The van der Waals surface area contributed by atoms with Gasteiger partial charge >= 0.3 is 5.69 Å². The molecule has 0 saturated heterocycles. The Morgan fingerprint density at radius 1 is 1.18 bits per heavy atom. The number of rotatable bonds is 5. The van der Waals surface area contributed by atoms with Crippen LogP contribution in [0.4, 0.5) is 17.1 Å². The van der Waals surface area contributed by atoms with Crippen molar-refractivity contribution in [1.82, 2.24) is 0 Å². The number of carbonyl (C=O) groups is 1. The highest BCUT2D eigenvalue weighted by molar-refractivity contribution is 7.10. The number of hydrogen-bond donors (Lipinski definition) is 3. The van der Waals surface area contributed by atoms with E-state index >= 15 is 0 Å². The van der Waals surface area contributed by atoms with Gasteiger partial charge in [-0.1, -0.05) is 18.2 Å². The van der Waals surface area contributed by atoms with E-state index in [0.29, 0.717) is 24.0 Å². The van der Waals surface area contributed by atoms with Gasteiger partial charge in [-0.15, -0.1) is 11.3 Å². The lowest BCUT2D eigenvalue weighted by atomic mass is 9.80. The lowest BCUT2D eigenvalue weighted by Crippen LogP contribution is -2.26. The second-order valence-electron chi connectivity index (χ2n) is 8.26. The van der Waals surface area contributed by atoms with Crippen LogP contribution >= 0.6 is 11.3 Å². The number of allylic oxidation sites excluding steroid dienone is 1. The molecule has 0 radical (unpaired) electrons. The fourth-order valence-corrected chi connectivity index (χ4v) is 5.48. The van der Waals surface area contributed by atoms with Crippen LogP contribution in [-0.4, -0.2) is 22.4 Å². The summed E-state index contributed by atoms with van der Waals surface area (Å²) in [7, 11) is 0. The summed E-state index contributed by atoms with van der Waals surface area (Å²) in [5.74, 6) is -0.463. The van der Waals surface area contributed by atoms with Crippen LogP contribution in [-0.2, 0) is 4.79 Å². The molecule has 0 saturated carbocycles. The van der Waals surface area contributed by atoms with Crippen LogP contribution in [0.5, 0.6) is 11.5 Å². The van der Waals surface area contributed by atoms with Crippen LogP contribution in [0.15, 0.2) is 65.2 Å². The third kappa shape index (κ3) is 3.88. The number of phenols is 1. The van der Waals surface area contributed by atoms with Crippen molar-refractivity contribution in [2.75, 3.05) is 17.2 Å². The average Bonchev–Trinajstić information content (AvgIpc) is 3.29. The molecule has 0 fully saturated rings. The minimum atomic E-state index is -0.651. The standard InChI is InChI=1S/C25H23N3O5S/c1-2-33-21-13-15(11-19(25(21)30)28(31)32)24-23-18(26-16-6-3-4-7-17(16)27-24)10-14(12-20(23)29)22-8-5-9-34-22/h3-9,11,13-14,24,26-27,30H,2,10,12H2,1H3. The molecule has 2 unspecified atom stereocenters. The number of anilines is 2. The fourth-order valence-electron chi connectivity index (χ4n) is 4.65. The molecule has 1 aromatic heterocycles. The molecule has 0 spiro atoms. The molecule has 2 aromatic carbocycles. The monoisotopic (exact) mass is 477 g/mol. The van der Waals surface area contributed by atoms with Gasteiger partial charge in [0.25, 0.3) is 0 Å². The molecule has 5 rings (SSSR count). The Kier molecular flexibility index (Phi) is 5.70. The Morgan fingerprint density at radius 3 is 2.68 bits per heavy atom. The highest BCUT2D eigenvalue weighted by Crippen LogP contribution is 2.47. The van der Waals surface area contributed by atoms with E-state index in [2.05, 4.69) is 10.6 Å². The first-order chi connectivity index (χ1) is 16.5. The van der Waals surface area contributed by atoms with Gasteiger partial charge in [0.05, 0.1) is 28.9 Å². The maximum Gasteiger partial charge on any atom is 0.315 e. The number of nitrogens with one attached hydrogen (secondary N) is 2. The van der Waals surface area contributed by atoms with E-state index in [1.165, 1.54) is 6.07 Å². The highest BCUT2D eigenvalue weighted by Gasteiger charge is 2.37. The lowest BCUT2D eigenvalue weighted by molar-refractivity contribution is -0.386. The highest BCUT2D eigenvalue weighted by atomic mass is 32.1. The zero-order valence-corrected chi connectivity index (χ0v) is 19.2. The summed E-state index contributed by atoms with van der Waals surface area (Å²) < 4.78 is 5.49. The molecular formula is C25H23N3O5S. The summed E-state index contributed by atoms with van der Waals surface area (Å²) in [5.41, 5.74) is 2.96. The number of nitro benzene ring substituents is 1. The number of nitrogens with zero attached hydrogens (tertiary/aromatic N) is 1. The van der Waals surface area contributed by atoms with Gasteiger partial charge in [-0.25, -0.2) is 0 Å². The first-order valence-electron chi connectivity index (χ1n) is 11.0. The molecule has 3 N–H and O–H groups in total. The fraction of sp³-hybridized carbons (Fsp3) is 0.240. The molecule has 0 bridgehead atoms. The quantitative estimate of drug-likeness (QED) is 0.317. The minimum Gasteiger partial charge on any atom is -0.500 e. The van der Waals surface area contributed by atoms with Crippen molar-refractivity contribution in [2.24, 2.45) is 0 Å². The SMILES string of the molecule is CCOc1cc(C2Nc3ccccc3NC3=C2C(=O)CC(c2cccs2)C3)cc([N+](=O)[O-])c1O. The van der Waals surface area contributed by atoms with E-state index in [1.807, 2.05) is 41.8 Å².